The van der Waals surface area contributed by atoms with Gasteiger partial charge in [-0.3, -0.25) is 4.98 Å². The van der Waals surface area contributed by atoms with E-state index in [1.165, 1.54) is 0 Å². The molecule has 5 nitrogen and oxygen atoms in total. The van der Waals surface area contributed by atoms with E-state index in [9.17, 15) is 0 Å². The van der Waals surface area contributed by atoms with E-state index < -0.39 is 0 Å². The molecule has 0 spiro atoms. The number of methoxy groups -OCH3 is 2. The summed E-state index contributed by atoms with van der Waals surface area (Å²) in [6.45, 7) is 0.704. The average Bonchev–Trinajstić information content (AvgIpc) is 3.45. The fourth-order valence-corrected chi connectivity index (χ4v) is 2.83. The average molecular weight is 343 g/mol. The van der Waals surface area contributed by atoms with E-state index in [1.807, 2.05) is 42.6 Å². The van der Waals surface area contributed by atoms with Crippen molar-refractivity contribution < 1.29 is 9.47 Å². The number of benzene rings is 1. The highest BCUT2D eigenvalue weighted by Crippen LogP contribution is 2.32. The van der Waals surface area contributed by atoms with E-state index in [4.69, 9.17) is 21.7 Å². The van der Waals surface area contributed by atoms with Crippen LogP contribution >= 0.6 is 12.2 Å². The molecule has 1 N–H and O–H groups in total. The molecule has 1 aromatic heterocycles. The number of nitrogens with zero attached hydrogens (tertiary/aromatic N) is 2. The highest BCUT2D eigenvalue weighted by molar-refractivity contribution is 7.80. The lowest BCUT2D eigenvalue weighted by Crippen LogP contribution is -2.36. The SMILES string of the molecule is COc1ccc(NC(=S)N(Cc2ccccn2)C2CC2)c(OC)c1. The van der Waals surface area contributed by atoms with Crippen molar-refractivity contribution in [3.05, 3.63) is 48.3 Å². The highest BCUT2D eigenvalue weighted by Gasteiger charge is 2.31. The van der Waals surface area contributed by atoms with Gasteiger partial charge in [0.1, 0.15) is 11.5 Å². The Morgan fingerprint density at radius 3 is 2.71 bits per heavy atom. The van der Waals surface area contributed by atoms with Crippen LogP contribution in [0.15, 0.2) is 42.6 Å². The minimum absolute atomic E-state index is 0.483. The zero-order chi connectivity index (χ0) is 16.9. The molecule has 3 rings (SSSR count). The molecule has 0 aliphatic heterocycles. The molecule has 2 aromatic rings. The lowest BCUT2D eigenvalue weighted by atomic mass is 10.2. The van der Waals surface area contributed by atoms with Crippen LogP contribution in [0.4, 0.5) is 5.69 Å². The summed E-state index contributed by atoms with van der Waals surface area (Å²) in [7, 11) is 3.27. The van der Waals surface area contributed by atoms with Gasteiger partial charge >= 0.3 is 0 Å². The molecule has 0 unspecified atom stereocenters. The van der Waals surface area contributed by atoms with Crippen LogP contribution in [0.2, 0.25) is 0 Å². The molecular weight excluding hydrogens is 322 g/mol. The van der Waals surface area contributed by atoms with E-state index in [0.717, 1.165) is 30.0 Å². The Morgan fingerprint density at radius 1 is 1.25 bits per heavy atom. The monoisotopic (exact) mass is 343 g/mol. The molecule has 1 saturated carbocycles. The third-order valence-electron chi connectivity index (χ3n) is 3.96. The van der Waals surface area contributed by atoms with Crippen LogP contribution in [0.1, 0.15) is 18.5 Å². The van der Waals surface area contributed by atoms with Gasteiger partial charge in [0.25, 0.3) is 0 Å². The van der Waals surface area contributed by atoms with Gasteiger partial charge in [0, 0.05) is 18.3 Å². The summed E-state index contributed by atoms with van der Waals surface area (Å²) in [4.78, 5) is 6.60. The number of nitrogens with one attached hydrogen (secondary N) is 1. The maximum Gasteiger partial charge on any atom is 0.174 e. The summed E-state index contributed by atoms with van der Waals surface area (Å²) >= 11 is 5.64. The second kappa shape index (κ2) is 7.49. The summed E-state index contributed by atoms with van der Waals surface area (Å²) in [6.07, 6.45) is 4.13. The van der Waals surface area contributed by atoms with Gasteiger partial charge in [-0.2, -0.15) is 0 Å². The van der Waals surface area contributed by atoms with E-state index in [2.05, 4.69) is 15.2 Å². The Bertz CT molecular complexity index is 705. The zero-order valence-corrected chi connectivity index (χ0v) is 14.7. The zero-order valence-electron chi connectivity index (χ0n) is 13.9. The molecule has 1 aliphatic carbocycles. The minimum Gasteiger partial charge on any atom is -0.497 e. The van der Waals surface area contributed by atoms with Gasteiger partial charge in [0.05, 0.1) is 32.1 Å². The number of anilines is 1. The summed E-state index contributed by atoms with van der Waals surface area (Å²) in [5.41, 5.74) is 1.84. The van der Waals surface area contributed by atoms with Gasteiger partial charge in [0.2, 0.25) is 0 Å². The Morgan fingerprint density at radius 2 is 2.08 bits per heavy atom. The standard InChI is InChI=1S/C18H21N3O2S/c1-22-15-8-9-16(17(11-15)23-2)20-18(24)21(14-6-7-14)12-13-5-3-4-10-19-13/h3-5,8-11,14H,6-7,12H2,1-2H3,(H,20,24). The van der Waals surface area contributed by atoms with Crippen molar-refractivity contribution in [2.24, 2.45) is 0 Å². The molecule has 126 valence electrons. The predicted octanol–water partition coefficient (Wildman–Crippen LogP) is 3.46. The smallest absolute Gasteiger partial charge is 0.174 e. The summed E-state index contributed by atoms with van der Waals surface area (Å²) in [6, 6.07) is 12.1. The van der Waals surface area contributed by atoms with Crippen LogP contribution in [0.3, 0.4) is 0 Å². The molecule has 0 bridgehead atoms. The largest absolute Gasteiger partial charge is 0.497 e. The predicted molar refractivity (Wildman–Crippen MR) is 98.6 cm³/mol. The van der Waals surface area contributed by atoms with E-state index in [1.54, 1.807) is 14.2 Å². The lowest BCUT2D eigenvalue weighted by Gasteiger charge is -2.26. The van der Waals surface area contributed by atoms with E-state index >= 15 is 0 Å². The van der Waals surface area contributed by atoms with Crippen molar-refractivity contribution in [1.82, 2.24) is 9.88 Å². The van der Waals surface area contributed by atoms with Gasteiger partial charge in [0.15, 0.2) is 5.11 Å². The minimum atomic E-state index is 0.483. The molecule has 0 radical (unpaired) electrons. The van der Waals surface area contributed by atoms with Crippen LogP contribution in [0.25, 0.3) is 0 Å². The van der Waals surface area contributed by atoms with Gasteiger partial charge in [-0.05, 0) is 49.3 Å². The first-order valence-electron chi connectivity index (χ1n) is 7.91. The van der Waals surface area contributed by atoms with Gasteiger partial charge in [-0.15, -0.1) is 0 Å². The highest BCUT2D eigenvalue weighted by atomic mass is 32.1. The summed E-state index contributed by atoms with van der Waals surface area (Å²) < 4.78 is 10.7. The fraction of sp³-hybridized carbons (Fsp3) is 0.333. The van der Waals surface area contributed by atoms with E-state index in [-0.39, 0.29) is 0 Å². The maximum absolute atomic E-state index is 5.64. The fourth-order valence-electron chi connectivity index (χ4n) is 2.51. The van der Waals surface area contributed by atoms with Crippen LogP contribution in [-0.4, -0.2) is 35.3 Å². The molecule has 0 atom stereocenters. The van der Waals surface area contributed by atoms with Crippen molar-refractivity contribution >= 4 is 23.0 Å². The van der Waals surface area contributed by atoms with E-state index in [0.29, 0.717) is 23.4 Å². The Kier molecular flexibility index (Phi) is 5.15. The molecule has 1 fully saturated rings. The quantitative estimate of drug-likeness (QED) is 0.811. The first-order valence-corrected chi connectivity index (χ1v) is 8.31. The Balaban J connectivity index is 1.74. The third-order valence-corrected chi connectivity index (χ3v) is 4.29. The Hall–Kier alpha value is -2.34. The summed E-state index contributed by atoms with van der Waals surface area (Å²) in [5, 5.41) is 3.99. The van der Waals surface area contributed by atoms with Crippen LogP contribution in [0.5, 0.6) is 11.5 Å². The third kappa shape index (κ3) is 3.94. The lowest BCUT2D eigenvalue weighted by molar-refractivity contribution is 0.394. The molecule has 1 heterocycles. The van der Waals surface area contributed by atoms with Gasteiger partial charge in [-0.1, -0.05) is 6.07 Å². The number of pyridine rings is 1. The number of hydrogen-bond donors (Lipinski definition) is 1. The second-order valence-electron chi connectivity index (χ2n) is 5.68. The van der Waals surface area contributed by atoms with Crippen molar-refractivity contribution in [3.8, 4) is 11.5 Å². The number of ether oxygens (including phenoxy) is 2. The normalized spacial score (nSPS) is 13.2. The first kappa shape index (κ1) is 16.5. The van der Waals surface area contributed by atoms with Crippen molar-refractivity contribution in [2.75, 3.05) is 19.5 Å². The van der Waals surface area contributed by atoms with Gasteiger partial charge in [-0.25, -0.2) is 0 Å². The second-order valence-corrected chi connectivity index (χ2v) is 6.06. The van der Waals surface area contributed by atoms with Crippen molar-refractivity contribution in [3.63, 3.8) is 0 Å². The van der Waals surface area contributed by atoms with Gasteiger partial charge < -0.3 is 19.7 Å². The van der Waals surface area contributed by atoms with Crippen LogP contribution < -0.4 is 14.8 Å². The Labute approximate surface area is 147 Å². The van der Waals surface area contributed by atoms with Crippen molar-refractivity contribution in [1.29, 1.82) is 0 Å². The first-order chi connectivity index (χ1) is 11.7. The molecule has 0 amide bonds. The molecule has 6 heteroatoms. The molecular formula is C18H21N3O2S. The number of rotatable bonds is 6. The van der Waals surface area contributed by atoms with Crippen LogP contribution in [0, 0.1) is 0 Å². The van der Waals surface area contributed by atoms with Crippen LogP contribution in [-0.2, 0) is 6.54 Å². The molecule has 0 saturated heterocycles. The van der Waals surface area contributed by atoms with Crippen molar-refractivity contribution in [2.45, 2.75) is 25.4 Å². The number of thiocarbonyl (C=S) groups is 1. The maximum atomic E-state index is 5.64. The number of aromatic nitrogens is 1. The topological polar surface area (TPSA) is 46.6 Å². The molecule has 1 aliphatic rings. The number of hydrogen-bond acceptors (Lipinski definition) is 4. The molecule has 24 heavy (non-hydrogen) atoms. The molecule has 1 aromatic carbocycles. The summed E-state index contributed by atoms with van der Waals surface area (Å²) in [5.74, 6) is 1.45.